The van der Waals surface area contributed by atoms with Crippen LogP contribution in [0.4, 0.5) is 0 Å². The lowest BCUT2D eigenvalue weighted by molar-refractivity contribution is -0.162. The molecule has 1 aromatic carbocycles. The van der Waals surface area contributed by atoms with Crippen molar-refractivity contribution in [3.63, 3.8) is 0 Å². The van der Waals surface area contributed by atoms with Gasteiger partial charge in [0.1, 0.15) is 0 Å². The van der Waals surface area contributed by atoms with Gasteiger partial charge in [-0.3, -0.25) is 0 Å². The lowest BCUT2D eigenvalue weighted by Gasteiger charge is -2.22. The van der Waals surface area contributed by atoms with Crippen LogP contribution in [0, 0.1) is 0 Å². The lowest BCUT2D eigenvalue weighted by Crippen LogP contribution is -2.22. The Balaban J connectivity index is 1.63. The number of esters is 1. The maximum Gasteiger partial charge on any atom is 0.338 e. The minimum atomic E-state index is -0.256. The van der Waals surface area contributed by atoms with Gasteiger partial charge in [-0.25, -0.2) is 4.79 Å². The van der Waals surface area contributed by atoms with E-state index in [0.29, 0.717) is 5.56 Å². The van der Waals surface area contributed by atoms with Crippen molar-refractivity contribution in [1.82, 2.24) is 0 Å². The van der Waals surface area contributed by atoms with Crippen LogP contribution >= 0.6 is 0 Å². The zero-order valence-corrected chi connectivity index (χ0v) is 13.4. The van der Waals surface area contributed by atoms with Gasteiger partial charge in [0.2, 0.25) is 0 Å². The fraction of sp³-hybridized carbons (Fsp3) is 0.611. The number of carbonyl (C=O) groups is 1. The zero-order valence-electron chi connectivity index (χ0n) is 13.4. The van der Waals surface area contributed by atoms with E-state index < -0.39 is 0 Å². The van der Waals surface area contributed by atoms with Crippen molar-refractivity contribution in [2.75, 3.05) is 20.3 Å². The second kappa shape index (κ2) is 9.59. The van der Waals surface area contributed by atoms with E-state index in [1.807, 2.05) is 24.3 Å². The van der Waals surface area contributed by atoms with Crippen molar-refractivity contribution >= 4 is 5.97 Å². The Kier molecular flexibility index (Phi) is 7.40. The van der Waals surface area contributed by atoms with Crippen LogP contribution in [0.5, 0.6) is 0 Å². The number of hydrogen-bond donors (Lipinski definition) is 0. The molecule has 22 heavy (non-hydrogen) atoms. The van der Waals surface area contributed by atoms with Crippen LogP contribution in [-0.4, -0.2) is 32.6 Å². The Labute approximate surface area is 132 Å². The molecule has 122 valence electrons. The summed E-state index contributed by atoms with van der Waals surface area (Å²) in [5, 5.41) is 0. The summed E-state index contributed by atoms with van der Waals surface area (Å²) >= 11 is 0. The number of unbranched alkanes of at least 4 members (excludes halogenated alkanes) is 2. The normalized spacial score (nSPS) is 18.1. The van der Waals surface area contributed by atoms with Crippen molar-refractivity contribution in [3.05, 3.63) is 35.4 Å². The number of methoxy groups -OCH3 is 1. The molecule has 1 aromatic rings. The van der Waals surface area contributed by atoms with Gasteiger partial charge in [0, 0.05) is 13.2 Å². The first-order chi connectivity index (χ1) is 10.8. The standard InChI is InChI=1S/C18H26O4/c1-20-18(19)16-11-5-4-10-15(16)9-3-2-7-13-21-17-12-6-8-14-22-17/h4-5,10-11,17H,2-3,6-9,12-14H2,1H3. The second-order valence-electron chi connectivity index (χ2n) is 5.63. The molecule has 1 saturated heterocycles. The molecular formula is C18H26O4. The van der Waals surface area contributed by atoms with E-state index in [-0.39, 0.29) is 12.3 Å². The summed E-state index contributed by atoms with van der Waals surface area (Å²) in [6.07, 6.45) is 7.44. The smallest absolute Gasteiger partial charge is 0.338 e. The van der Waals surface area contributed by atoms with Crippen LogP contribution < -0.4 is 0 Å². The van der Waals surface area contributed by atoms with E-state index in [4.69, 9.17) is 14.2 Å². The van der Waals surface area contributed by atoms with Crippen molar-refractivity contribution < 1.29 is 19.0 Å². The van der Waals surface area contributed by atoms with E-state index in [1.54, 1.807) is 0 Å². The van der Waals surface area contributed by atoms with Gasteiger partial charge in [0.05, 0.1) is 12.7 Å². The van der Waals surface area contributed by atoms with E-state index >= 15 is 0 Å². The van der Waals surface area contributed by atoms with Gasteiger partial charge in [-0.1, -0.05) is 24.6 Å². The third-order valence-corrected chi connectivity index (χ3v) is 3.95. The van der Waals surface area contributed by atoms with Crippen molar-refractivity contribution in [1.29, 1.82) is 0 Å². The third kappa shape index (κ3) is 5.43. The first kappa shape index (κ1) is 17.0. The number of aryl methyl sites for hydroxylation is 1. The quantitative estimate of drug-likeness (QED) is 0.542. The first-order valence-electron chi connectivity index (χ1n) is 8.20. The number of hydrogen-bond acceptors (Lipinski definition) is 4. The minimum absolute atomic E-state index is 0.00815. The van der Waals surface area contributed by atoms with Gasteiger partial charge in [0.15, 0.2) is 6.29 Å². The van der Waals surface area contributed by atoms with Crippen LogP contribution in [0.3, 0.4) is 0 Å². The summed E-state index contributed by atoms with van der Waals surface area (Å²) in [6, 6.07) is 7.66. The zero-order chi connectivity index (χ0) is 15.6. The fourth-order valence-electron chi connectivity index (χ4n) is 2.70. The van der Waals surface area contributed by atoms with Gasteiger partial charge in [0.25, 0.3) is 0 Å². The maximum atomic E-state index is 11.7. The van der Waals surface area contributed by atoms with Gasteiger partial charge >= 0.3 is 5.97 Å². The number of ether oxygens (including phenoxy) is 3. The Hall–Kier alpha value is -1.39. The fourth-order valence-corrected chi connectivity index (χ4v) is 2.70. The molecule has 0 aromatic heterocycles. The van der Waals surface area contributed by atoms with E-state index in [9.17, 15) is 4.79 Å². The Morgan fingerprint density at radius 3 is 2.86 bits per heavy atom. The molecule has 1 unspecified atom stereocenters. The molecule has 1 heterocycles. The Morgan fingerprint density at radius 1 is 1.23 bits per heavy atom. The molecule has 1 aliphatic heterocycles. The van der Waals surface area contributed by atoms with Gasteiger partial charge in [-0.15, -0.1) is 0 Å². The molecule has 0 bridgehead atoms. The highest BCUT2D eigenvalue weighted by molar-refractivity contribution is 5.90. The predicted molar refractivity (Wildman–Crippen MR) is 84.9 cm³/mol. The van der Waals surface area contributed by atoms with Crippen molar-refractivity contribution in [2.45, 2.75) is 51.2 Å². The minimum Gasteiger partial charge on any atom is -0.465 e. The number of rotatable bonds is 8. The van der Waals surface area contributed by atoms with Crippen LogP contribution in [-0.2, 0) is 20.6 Å². The summed E-state index contributed by atoms with van der Waals surface area (Å²) in [5.74, 6) is -0.256. The van der Waals surface area contributed by atoms with Crippen LogP contribution in [0.25, 0.3) is 0 Å². The van der Waals surface area contributed by atoms with E-state index in [2.05, 4.69) is 0 Å². The highest BCUT2D eigenvalue weighted by atomic mass is 16.7. The second-order valence-corrected chi connectivity index (χ2v) is 5.63. The topological polar surface area (TPSA) is 44.8 Å². The predicted octanol–water partition coefficient (Wildman–Crippen LogP) is 3.73. The largest absolute Gasteiger partial charge is 0.465 e. The Morgan fingerprint density at radius 2 is 2.09 bits per heavy atom. The molecule has 0 saturated carbocycles. The molecule has 0 N–H and O–H groups in total. The number of benzene rings is 1. The SMILES string of the molecule is COC(=O)c1ccccc1CCCCCOC1CCCCO1. The van der Waals surface area contributed by atoms with Gasteiger partial charge < -0.3 is 14.2 Å². The molecular weight excluding hydrogens is 280 g/mol. The molecule has 1 atom stereocenters. The average Bonchev–Trinajstić information content (AvgIpc) is 2.58. The summed E-state index contributed by atoms with van der Waals surface area (Å²) in [5.41, 5.74) is 1.74. The van der Waals surface area contributed by atoms with Crippen LogP contribution in [0.2, 0.25) is 0 Å². The summed E-state index contributed by atoms with van der Waals surface area (Å²) in [4.78, 5) is 11.7. The number of carbonyl (C=O) groups excluding carboxylic acids is 1. The maximum absolute atomic E-state index is 11.7. The summed E-state index contributed by atoms with van der Waals surface area (Å²) in [6.45, 7) is 1.58. The molecule has 0 spiro atoms. The van der Waals surface area contributed by atoms with Crippen LogP contribution in [0.1, 0.15) is 54.4 Å². The van der Waals surface area contributed by atoms with Crippen molar-refractivity contribution in [2.24, 2.45) is 0 Å². The van der Waals surface area contributed by atoms with Gasteiger partial charge in [-0.05, 0) is 50.2 Å². The van der Waals surface area contributed by atoms with Gasteiger partial charge in [-0.2, -0.15) is 0 Å². The molecule has 4 nitrogen and oxygen atoms in total. The monoisotopic (exact) mass is 306 g/mol. The van der Waals surface area contributed by atoms with Crippen molar-refractivity contribution in [3.8, 4) is 0 Å². The van der Waals surface area contributed by atoms with Crippen LogP contribution in [0.15, 0.2) is 24.3 Å². The lowest BCUT2D eigenvalue weighted by atomic mass is 10.0. The first-order valence-corrected chi connectivity index (χ1v) is 8.20. The molecule has 1 fully saturated rings. The Bertz CT molecular complexity index is 452. The molecule has 4 heteroatoms. The highest BCUT2D eigenvalue weighted by Gasteiger charge is 2.13. The molecule has 1 aliphatic rings. The summed E-state index contributed by atoms with van der Waals surface area (Å²) in [7, 11) is 1.42. The third-order valence-electron chi connectivity index (χ3n) is 3.95. The van der Waals surface area contributed by atoms with E-state index in [0.717, 1.165) is 57.3 Å². The highest BCUT2D eigenvalue weighted by Crippen LogP contribution is 2.16. The molecule has 2 rings (SSSR count). The average molecular weight is 306 g/mol. The molecule has 0 radical (unpaired) electrons. The van der Waals surface area contributed by atoms with E-state index in [1.165, 1.54) is 13.5 Å². The summed E-state index contributed by atoms with van der Waals surface area (Å²) < 4.78 is 16.1. The molecule has 0 amide bonds. The molecule has 0 aliphatic carbocycles.